The van der Waals surface area contributed by atoms with Crippen molar-refractivity contribution in [3.05, 3.63) is 12.7 Å². The fraction of sp³-hybridized carbons (Fsp3) is 0.786. The first kappa shape index (κ1) is 15.2. The van der Waals surface area contributed by atoms with Gasteiger partial charge in [-0.05, 0) is 39.7 Å². The summed E-state index contributed by atoms with van der Waals surface area (Å²) >= 11 is 0. The molecule has 0 saturated carbocycles. The first-order valence-electron chi connectivity index (χ1n) is 6.89. The number of hydrogen-bond donors (Lipinski definition) is 1. The Morgan fingerprint density at radius 3 is 2.94 bits per heavy atom. The van der Waals surface area contributed by atoms with Crippen LogP contribution in [0.4, 0.5) is 0 Å². The molecule has 1 heterocycles. The topological polar surface area (TPSA) is 41.6 Å². The molecule has 1 rings (SSSR count). The number of nitrogens with zero attached hydrogens (tertiary/aromatic N) is 1. The summed E-state index contributed by atoms with van der Waals surface area (Å²) in [4.78, 5) is 14.5. The van der Waals surface area contributed by atoms with E-state index in [1.54, 1.807) is 0 Å². The van der Waals surface area contributed by atoms with Crippen LogP contribution in [0.2, 0.25) is 0 Å². The summed E-state index contributed by atoms with van der Waals surface area (Å²) in [6, 6.07) is 0. The molecule has 18 heavy (non-hydrogen) atoms. The van der Waals surface area contributed by atoms with E-state index < -0.39 is 5.54 Å². The lowest BCUT2D eigenvalue weighted by Crippen LogP contribution is -2.54. The number of carbonyl (C=O) groups is 1. The van der Waals surface area contributed by atoms with Crippen LogP contribution in [0.1, 0.15) is 33.1 Å². The van der Waals surface area contributed by atoms with Crippen LogP contribution < -0.4 is 5.32 Å². The molecule has 0 aromatic heterocycles. The average molecular weight is 254 g/mol. The Kier molecular flexibility index (Phi) is 6.36. The summed E-state index contributed by atoms with van der Waals surface area (Å²) in [5, 5.41) is 3.36. The van der Waals surface area contributed by atoms with Crippen LogP contribution in [0.3, 0.4) is 0 Å². The van der Waals surface area contributed by atoms with Gasteiger partial charge >= 0.3 is 5.97 Å². The third kappa shape index (κ3) is 3.82. The van der Waals surface area contributed by atoms with E-state index in [4.69, 9.17) is 4.74 Å². The summed E-state index contributed by atoms with van der Waals surface area (Å²) in [5.74, 6) is -0.103. The van der Waals surface area contributed by atoms with Crippen LogP contribution in [0, 0.1) is 0 Å². The maximum atomic E-state index is 12.3. The van der Waals surface area contributed by atoms with Gasteiger partial charge in [0, 0.05) is 19.6 Å². The first-order chi connectivity index (χ1) is 8.65. The molecule has 1 unspecified atom stereocenters. The van der Waals surface area contributed by atoms with Gasteiger partial charge in [-0.2, -0.15) is 0 Å². The quantitative estimate of drug-likeness (QED) is 0.577. The van der Waals surface area contributed by atoms with E-state index in [9.17, 15) is 4.79 Å². The zero-order valence-electron chi connectivity index (χ0n) is 11.7. The first-order valence-corrected chi connectivity index (χ1v) is 6.89. The number of allylic oxidation sites excluding steroid dienone is 1. The second kappa shape index (κ2) is 7.54. The van der Waals surface area contributed by atoms with Gasteiger partial charge in [-0.3, -0.25) is 9.69 Å². The third-order valence-corrected chi connectivity index (χ3v) is 3.59. The van der Waals surface area contributed by atoms with Gasteiger partial charge in [0.2, 0.25) is 0 Å². The minimum absolute atomic E-state index is 0.103. The van der Waals surface area contributed by atoms with E-state index in [-0.39, 0.29) is 5.97 Å². The average Bonchev–Trinajstić information content (AvgIpc) is 2.65. The van der Waals surface area contributed by atoms with Gasteiger partial charge in [-0.15, -0.1) is 6.58 Å². The molecule has 0 bridgehead atoms. The Hall–Kier alpha value is -0.870. The second-order valence-corrected chi connectivity index (χ2v) is 4.91. The van der Waals surface area contributed by atoms with Crippen LogP contribution in [0.5, 0.6) is 0 Å². The molecule has 1 saturated heterocycles. The molecule has 0 aliphatic carbocycles. The van der Waals surface area contributed by atoms with Crippen LogP contribution in [-0.4, -0.2) is 49.2 Å². The van der Waals surface area contributed by atoms with Crippen molar-refractivity contribution in [1.29, 1.82) is 0 Å². The zero-order valence-corrected chi connectivity index (χ0v) is 11.7. The molecule has 104 valence electrons. The molecular formula is C14H26N2O2. The van der Waals surface area contributed by atoms with Crippen LogP contribution >= 0.6 is 0 Å². The monoisotopic (exact) mass is 254 g/mol. The Morgan fingerprint density at radius 1 is 1.50 bits per heavy atom. The number of carbonyl (C=O) groups excluding carboxylic acids is 1. The van der Waals surface area contributed by atoms with Crippen molar-refractivity contribution < 1.29 is 9.53 Å². The lowest BCUT2D eigenvalue weighted by molar-refractivity contribution is -0.157. The molecule has 1 N–H and O–H groups in total. The van der Waals surface area contributed by atoms with E-state index >= 15 is 0 Å². The maximum Gasteiger partial charge on any atom is 0.326 e. The van der Waals surface area contributed by atoms with E-state index in [0.717, 1.165) is 45.4 Å². The van der Waals surface area contributed by atoms with E-state index in [1.807, 2.05) is 19.9 Å². The highest BCUT2D eigenvalue weighted by atomic mass is 16.5. The molecule has 0 aromatic carbocycles. The molecule has 1 aliphatic rings. The smallest absolute Gasteiger partial charge is 0.326 e. The molecule has 1 fully saturated rings. The number of hydrogen-bond acceptors (Lipinski definition) is 4. The van der Waals surface area contributed by atoms with E-state index in [0.29, 0.717) is 6.61 Å². The number of nitrogens with one attached hydrogen (secondary N) is 1. The summed E-state index contributed by atoms with van der Waals surface area (Å²) in [6.07, 6.45) is 4.55. The highest BCUT2D eigenvalue weighted by molar-refractivity contribution is 5.80. The lowest BCUT2D eigenvalue weighted by atomic mass is 9.93. The van der Waals surface area contributed by atoms with Crippen LogP contribution in [0.15, 0.2) is 12.7 Å². The van der Waals surface area contributed by atoms with Crippen LogP contribution in [0.25, 0.3) is 0 Å². The summed E-state index contributed by atoms with van der Waals surface area (Å²) in [6.45, 7) is 11.8. The standard InChI is InChI=1S/C14H26N2O2/c1-4-6-8-14(3,13(17)18-5-2)16-11-7-9-15-10-12-16/h4,15H,1,5-12H2,2-3H3. The number of ether oxygens (including phenoxy) is 1. The molecule has 0 radical (unpaired) electrons. The van der Waals surface area contributed by atoms with Gasteiger partial charge in [0.15, 0.2) is 0 Å². The molecule has 0 amide bonds. The van der Waals surface area contributed by atoms with Crippen molar-refractivity contribution in [2.75, 3.05) is 32.8 Å². The molecular weight excluding hydrogens is 228 g/mol. The molecule has 1 atom stereocenters. The predicted molar refractivity (Wildman–Crippen MR) is 73.5 cm³/mol. The summed E-state index contributed by atoms with van der Waals surface area (Å²) in [5.41, 5.74) is -0.518. The summed E-state index contributed by atoms with van der Waals surface area (Å²) in [7, 11) is 0. The Balaban J connectivity index is 2.79. The molecule has 4 nitrogen and oxygen atoms in total. The molecule has 0 aromatic rings. The molecule has 4 heteroatoms. The maximum absolute atomic E-state index is 12.3. The van der Waals surface area contributed by atoms with E-state index in [1.165, 1.54) is 0 Å². The fourth-order valence-electron chi connectivity index (χ4n) is 2.40. The van der Waals surface area contributed by atoms with E-state index in [2.05, 4.69) is 16.8 Å². The van der Waals surface area contributed by atoms with Gasteiger partial charge in [-0.25, -0.2) is 0 Å². The normalized spacial score (nSPS) is 20.8. The van der Waals surface area contributed by atoms with Crippen molar-refractivity contribution in [2.45, 2.75) is 38.6 Å². The van der Waals surface area contributed by atoms with Gasteiger partial charge in [-0.1, -0.05) is 6.08 Å². The second-order valence-electron chi connectivity index (χ2n) is 4.91. The summed E-state index contributed by atoms with van der Waals surface area (Å²) < 4.78 is 5.26. The Labute approximate surface area is 110 Å². The molecule has 1 aliphatic heterocycles. The number of rotatable bonds is 6. The predicted octanol–water partition coefficient (Wildman–Crippen LogP) is 1.57. The van der Waals surface area contributed by atoms with Crippen molar-refractivity contribution >= 4 is 5.97 Å². The van der Waals surface area contributed by atoms with Crippen LogP contribution in [-0.2, 0) is 9.53 Å². The number of esters is 1. The zero-order chi connectivity index (χ0) is 13.4. The highest BCUT2D eigenvalue weighted by Gasteiger charge is 2.39. The van der Waals surface area contributed by atoms with Crippen molar-refractivity contribution in [1.82, 2.24) is 10.2 Å². The largest absolute Gasteiger partial charge is 0.465 e. The highest BCUT2D eigenvalue weighted by Crippen LogP contribution is 2.24. The minimum Gasteiger partial charge on any atom is -0.465 e. The Bertz CT molecular complexity index is 273. The van der Waals surface area contributed by atoms with Gasteiger partial charge in [0.1, 0.15) is 5.54 Å². The minimum atomic E-state index is -0.518. The SMILES string of the molecule is C=CCCC(C)(C(=O)OCC)N1CCCNCC1. The Morgan fingerprint density at radius 2 is 2.28 bits per heavy atom. The van der Waals surface area contributed by atoms with Crippen molar-refractivity contribution in [2.24, 2.45) is 0 Å². The molecule has 0 spiro atoms. The van der Waals surface area contributed by atoms with Crippen molar-refractivity contribution in [3.8, 4) is 0 Å². The third-order valence-electron chi connectivity index (χ3n) is 3.59. The fourth-order valence-corrected chi connectivity index (χ4v) is 2.40. The van der Waals surface area contributed by atoms with Crippen molar-refractivity contribution in [3.63, 3.8) is 0 Å². The van der Waals surface area contributed by atoms with Gasteiger partial charge in [0.05, 0.1) is 6.61 Å². The lowest BCUT2D eigenvalue weighted by Gasteiger charge is -2.38. The van der Waals surface area contributed by atoms with Gasteiger partial charge in [0.25, 0.3) is 0 Å². The van der Waals surface area contributed by atoms with Gasteiger partial charge < -0.3 is 10.1 Å².